The van der Waals surface area contributed by atoms with Crippen LogP contribution in [-0.2, 0) is 6.54 Å². The molecule has 1 aliphatic rings. The molecule has 1 aliphatic heterocycles. The van der Waals surface area contributed by atoms with E-state index in [0.717, 1.165) is 24.6 Å². The molecule has 0 radical (unpaired) electrons. The average Bonchev–Trinajstić information content (AvgIpc) is 2.50. The lowest BCUT2D eigenvalue weighted by atomic mass is 10.2. The van der Waals surface area contributed by atoms with Crippen LogP contribution in [0.25, 0.3) is 0 Å². The first-order valence-electron chi connectivity index (χ1n) is 4.69. The van der Waals surface area contributed by atoms with Crippen LogP contribution in [0.2, 0.25) is 0 Å². The predicted molar refractivity (Wildman–Crippen MR) is 48.3 cm³/mol. The third-order valence-electron chi connectivity index (χ3n) is 2.27. The maximum atomic E-state index is 4.62. The van der Waals surface area contributed by atoms with E-state index in [9.17, 15) is 0 Å². The molecule has 0 bridgehead atoms. The smallest absolute Gasteiger partial charge is 0.195 e. The van der Waals surface area contributed by atoms with Gasteiger partial charge in [-0.1, -0.05) is 18.5 Å². The third-order valence-corrected chi connectivity index (χ3v) is 2.27. The highest BCUT2D eigenvalue weighted by molar-refractivity contribution is 5.38. The number of aromatic nitrogens is 2. The molecule has 5 nitrogen and oxygen atoms in total. The second-order valence-corrected chi connectivity index (χ2v) is 3.31. The van der Waals surface area contributed by atoms with Crippen LogP contribution in [0, 0.1) is 0 Å². The summed E-state index contributed by atoms with van der Waals surface area (Å²) in [4.78, 5) is 0. The molecule has 13 heavy (non-hydrogen) atoms. The Balaban J connectivity index is 2.00. The summed E-state index contributed by atoms with van der Waals surface area (Å²) in [5.41, 5.74) is 0.874. The Morgan fingerprint density at radius 3 is 3.31 bits per heavy atom. The minimum Gasteiger partial charge on any atom is -0.364 e. The molecule has 2 N–H and O–H groups in total. The second kappa shape index (κ2) is 3.74. The summed E-state index contributed by atoms with van der Waals surface area (Å²) in [5.74, 6) is 0.783. The molecule has 0 aliphatic carbocycles. The fraction of sp³-hybridized carbons (Fsp3) is 0.750. The highest BCUT2D eigenvalue weighted by Crippen LogP contribution is 2.13. The van der Waals surface area contributed by atoms with Crippen molar-refractivity contribution < 1.29 is 4.63 Å². The molecule has 1 aromatic rings. The van der Waals surface area contributed by atoms with Crippen LogP contribution in [0.4, 0.5) is 5.82 Å². The topological polar surface area (TPSA) is 63.0 Å². The first-order chi connectivity index (χ1) is 6.40. The normalized spacial score (nSPS) is 21.8. The number of fused-ring (bicyclic) bond motifs is 1. The molecule has 0 saturated carbocycles. The van der Waals surface area contributed by atoms with Crippen molar-refractivity contribution in [3.05, 3.63) is 5.69 Å². The Kier molecular flexibility index (Phi) is 2.44. The van der Waals surface area contributed by atoms with E-state index in [-0.39, 0.29) is 0 Å². The number of nitrogens with one attached hydrogen (secondary N) is 2. The predicted octanol–water partition coefficient (Wildman–Crippen LogP) is 0.753. The third kappa shape index (κ3) is 1.80. The number of hydrogen-bond donors (Lipinski definition) is 2. The van der Waals surface area contributed by atoms with Crippen molar-refractivity contribution in [2.24, 2.45) is 0 Å². The van der Waals surface area contributed by atoms with Crippen LogP contribution in [0.3, 0.4) is 0 Å². The van der Waals surface area contributed by atoms with Gasteiger partial charge in [0.15, 0.2) is 5.82 Å². The Hall–Kier alpha value is -1.10. The minimum absolute atomic E-state index is 0.515. The quantitative estimate of drug-likeness (QED) is 0.706. The van der Waals surface area contributed by atoms with Crippen LogP contribution in [0.1, 0.15) is 25.5 Å². The molecule has 0 fully saturated rings. The number of nitrogens with zero attached hydrogens (tertiary/aromatic N) is 2. The number of rotatable bonds is 2. The SMILES string of the molecule is CCCC1CNc2nonc2CN1. The lowest BCUT2D eigenvalue weighted by Crippen LogP contribution is -2.32. The van der Waals surface area contributed by atoms with E-state index in [1.54, 1.807) is 0 Å². The highest BCUT2D eigenvalue weighted by atomic mass is 16.6. The number of anilines is 1. The molecule has 5 heteroatoms. The summed E-state index contributed by atoms with van der Waals surface area (Å²) < 4.78 is 4.62. The van der Waals surface area contributed by atoms with Gasteiger partial charge in [-0.25, -0.2) is 4.63 Å². The van der Waals surface area contributed by atoms with Gasteiger partial charge in [-0.15, -0.1) is 0 Å². The fourth-order valence-corrected chi connectivity index (χ4v) is 1.54. The van der Waals surface area contributed by atoms with Gasteiger partial charge < -0.3 is 10.6 Å². The van der Waals surface area contributed by atoms with E-state index in [2.05, 4.69) is 32.5 Å². The maximum Gasteiger partial charge on any atom is 0.195 e. The molecule has 0 saturated heterocycles. The van der Waals surface area contributed by atoms with Crippen LogP contribution >= 0.6 is 0 Å². The van der Waals surface area contributed by atoms with Gasteiger partial charge in [-0.2, -0.15) is 0 Å². The van der Waals surface area contributed by atoms with Crippen LogP contribution in [0.5, 0.6) is 0 Å². The van der Waals surface area contributed by atoms with E-state index >= 15 is 0 Å². The molecule has 0 amide bonds. The first-order valence-corrected chi connectivity index (χ1v) is 4.69. The Morgan fingerprint density at radius 2 is 2.46 bits per heavy atom. The Morgan fingerprint density at radius 1 is 1.54 bits per heavy atom. The van der Waals surface area contributed by atoms with Gasteiger partial charge in [0, 0.05) is 19.1 Å². The molecule has 1 unspecified atom stereocenters. The van der Waals surface area contributed by atoms with Crippen molar-refractivity contribution in [2.75, 3.05) is 11.9 Å². The van der Waals surface area contributed by atoms with Crippen molar-refractivity contribution in [1.82, 2.24) is 15.6 Å². The van der Waals surface area contributed by atoms with Crippen molar-refractivity contribution in [2.45, 2.75) is 32.4 Å². The molecular formula is C8H14N4O. The van der Waals surface area contributed by atoms with Crippen LogP contribution in [-0.4, -0.2) is 22.9 Å². The van der Waals surface area contributed by atoms with E-state index < -0.39 is 0 Å². The Bertz CT molecular complexity index is 250. The van der Waals surface area contributed by atoms with Gasteiger partial charge in [0.1, 0.15) is 5.69 Å². The first kappa shape index (κ1) is 8.50. The van der Waals surface area contributed by atoms with Gasteiger partial charge >= 0.3 is 0 Å². The lowest BCUT2D eigenvalue weighted by Gasteiger charge is -2.13. The van der Waals surface area contributed by atoms with Gasteiger partial charge in [0.25, 0.3) is 0 Å². The van der Waals surface area contributed by atoms with Gasteiger partial charge in [-0.05, 0) is 11.6 Å². The molecular weight excluding hydrogens is 168 g/mol. The van der Waals surface area contributed by atoms with Gasteiger partial charge in [0.05, 0.1) is 0 Å². The standard InChI is InChI=1S/C8H14N4O/c1-2-3-6-4-10-8-7(5-9-6)11-13-12-8/h6,9H,2-5H2,1H3,(H,10,12). The summed E-state index contributed by atoms with van der Waals surface area (Å²) in [6.07, 6.45) is 2.36. The van der Waals surface area contributed by atoms with Crippen molar-refractivity contribution in [3.8, 4) is 0 Å². The van der Waals surface area contributed by atoms with E-state index in [0.29, 0.717) is 6.04 Å². The molecule has 72 valence electrons. The van der Waals surface area contributed by atoms with Crippen molar-refractivity contribution in [3.63, 3.8) is 0 Å². The molecule has 2 heterocycles. The molecule has 0 spiro atoms. The van der Waals surface area contributed by atoms with Gasteiger partial charge in [-0.3, -0.25) is 0 Å². The summed E-state index contributed by atoms with van der Waals surface area (Å²) in [6, 6.07) is 0.515. The van der Waals surface area contributed by atoms with E-state index in [1.165, 1.54) is 12.8 Å². The second-order valence-electron chi connectivity index (χ2n) is 3.31. The van der Waals surface area contributed by atoms with E-state index in [1.807, 2.05) is 0 Å². The van der Waals surface area contributed by atoms with E-state index in [4.69, 9.17) is 0 Å². The van der Waals surface area contributed by atoms with Crippen molar-refractivity contribution in [1.29, 1.82) is 0 Å². The summed E-state index contributed by atoms with van der Waals surface area (Å²) >= 11 is 0. The summed E-state index contributed by atoms with van der Waals surface area (Å²) in [7, 11) is 0. The summed E-state index contributed by atoms with van der Waals surface area (Å²) in [5, 5.41) is 14.2. The zero-order chi connectivity index (χ0) is 9.10. The fourth-order valence-electron chi connectivity index (χ4n) is 1.54. The molecule has 0 aromatic carbocycles. The maximum absolute atomic E-state index is 4.62. The largest absolute Gasteiger partial charge is 0.364 e. The minimum atomic E-state index is 0.515. The monoisotopic (exact) mass is 182 g/mol. The Labute approximate surface area is 76.9 Å². The zero-order valence-corrected chi connectivity index (χ0v) is 7.71. The molecule has 1 aromatic heterocycles. The lowest BCUT2D eigenvalue weighted by molar-refractivity contribution is 0.301. The molecule has 1 atom stereocenters. The zero-order valence-electron chi connectivity index (χ0n) is 7.71. The summed E-state index contributed by atoms with van der Waals surface area (Å²) in [6.45, 7) is 3.83. The molecule has 2 rings (SSSR count). The van der Waals surface area contributed by atoms with Crippen molar-refractivity contribution >= 4 is 5.82 Å². The van der Waals surface area contributed by atoms with Gasteiger partial charge in [0.2, 0.25) is 0 Å². The number of hydrogen-bond acceptors (Lipinski definition) is 5. The average molecular weight is 182 g/mol. The van der Waals surface area contributed by atoms with Crippen LogP contribution in [0.15, 0.2) is 4.63 Å². The van der Waals surface area contributed by atoms with Crippen LogP contribution < -0.4 is 10.6 Å². The highest BCUT2D eigenvalue weighted by Gasteiger charge is 2.17.